The highest BCUT2D eigenvalue weighted by atomic mass is 79.9. The number of hydrogen-bond acceptors (Lipinski definition) is 2. The minimum Gasteiger partial charge on any atom is -0.246 e. The maximum Gasteiger partial charge on any atom is 0.154 e. The Morgan fingerprint density at radius 1 is 1.82 bits per heavy atom. The highest BCUT2D eigenvalue weighted by Crippen LogP contribution is 2.10. The van der Waals surface area contributed by atoms with Crippen molar-refractivity contribution >= 4 is 21.5 Å². The molecule has 0 unspecified atom stereocenters. The highest BCUT2D eigenvalue weighted by Gasteiger charge is 2.04. The summed E-state index contributed by atoms with van der Waals surface area (Å²) in [5, 5.41) is 4.77. The van der Waals surface area contributed by atoms with Crippen molar-refractivity contribution in [1.82, 2.24) is 14.8 Å². The molecular weight excluding hydrogens is 206 g/mol. The van der Waals surface area contributed by atoms with Crippen molar-refractivity contribution in [1.29, 1.82) is 0 Å². The first-order valence-electron chi connectivity index (χ1n) is 3.41. The summed E-state index contributed by atoms with van der Waals surface area (Å²) in [6.45, 7) is 6.72. The lowest BCUT2D eigenvalue weighted by molar-refractivity contribution is 0.649. The standard InChI is InChI=1S/C7H10BrN3/c1-3-11-7(6(2)4-8)9-5-10-11/h5H,2-4H2,1H3. The maximum absolute atomic E-state index is 4.08. The smallest absolute Gasteiger partial charge is 0.154 e. The van der Waals surface area contributed by atoms with Crippen molar-refractivity contribution in [2.45, 2.75) is 13.5 Å². The van der Waals surface area contributed by atoms with Crippen molar-refractivity contribution in [3.05, 3.63) is 18.7 Å². The zero-order valence-corrected chi connectivity index (χ0v) is 8.00. The van der Waals surface area contributed by atoms with E-state index in [1.54, 1.807) is 6.33 Å². The normalized spacial score (nSPS) is 10.0. The Hall–Kier alpha value is -0.640. The molecule has 0 spiro atoms. The summed E-state index contributed by atoms with van der Waals surface area (Å²) in [4.78, 5) is 4.08. The van der Waals surface area contributed by atoms with Gasteiger partial charge in [-0.1, -0.05) is 22.5 Å². The van der Waals surface area contributed by atoms with Crippen LogP contribution in [0, 0.1) is 0 Å². The Labute approximate surface area is 74.3 Å². The molecule has 0 aliphatic heterocycles. The molecule has 0 aromatic carbocycles. The number of rotatable bonds is 3. The number of alkyl halides is 1. The van der Waals surface area contributed by atoms with E-state index >= 15 is 0 Å². The first-order chi connectivity index (χ1) is 5.29. The fourth-order valence-electron chi connectivity index (χ4n) is 0.829. The van der Waals surface area contributed by atoms with E-state index < -0.39 is 0 Å². The van der Waals surface area contributed by atoms with Crippen molar-refractivity contribution in [3.8, 4) is 0 Å². The van der Waals surface area contributed by atoms with E-state index in [0.29, 0.717) is 0 Å². The SMILES string of the molecule is C=C(CBr)c1ncnn1CC. The van der Waals surface area contributed by atoms with Gasteiger partial charge in [-0.2, -0.15) is 5.10 Å². The lowest BCUT2D eigenvalue weighted by Crippen LogP contribution is -2.02. The molecule has 0 saturated carbocycles. The van der Waals surface area contributed by atoms with Gasteiger partial charge in [0.25, 0.3) is 0 Å². The third-order valence-electron chi connectivity index (χ3n) is 1.39. The van der Waals surface area contributed by atoms with E-state index in [9.17, 15) is 0 Å². The van der Waals surface area contributed by atoms with E-state index in [0.717, 1.165) is 23.3 Å². The second kappa shape index (κ2) is 3.67. The topological polar surface area (TPSA) is 30.7 Å². The van der Waals surface area contributed by atoms with Crippen LogP contribution in [0.2, 0.25) is 0 Å². The Kier molecular flexibility index (Phi) is 2.82. The average molecular weight is 216 g/mol. The van der Waals surface area contributed by atoms with Crippen molar-refractivity contribution < 1.29 is 0 Å². The second-order valence-corrected chi connectivity index (χ2v) is 2.70. The third kappa shape index (κ3) is 1.68. The van der Waals surface area contributed by atoms with Crippen LogP contribution in [0.5, 0.6) is 0 Å². The number of aryl methyl sites for hydroxylation is 1. The van der Waals surface area contributed by atoms with Gasteiger partial charge in [0.05, 0.1) is 0 Å². The molecule has 0 radical (unpaired) electrons. The molecule has 3 nitrogen and oxygen atoms in total. The van der Waals surface area contributed by atoms with Crippen LogP contribution in [0.25, 0.3) is 5.57 Å². The zero-order chi connectivity index (χ0) is 8.27. The van der Waals surface area contributed by atoms with Gasteiger partial charge in [0, 0.05) is 11.9 Å². The van der Waals surface area contributed by atoms with Gasteiger partial charge < -0.3 is 0 Å². The zero-order valence-electron chi connectivity index (χ0n) is 6.42. The third-order valence-corrected chi connectivity index (χ3v) is 2.07. The lowest BCUT2D eigenvalue weighted by atomic mass is 10.3. The number of hydrogen-bond donors (Lipinski definition) is 0. The van der Waals surface area contributed by atoms with Gasteiger partial charge in [-0.15, -0.1) is 0 Å². The minimum absolute atomic E-state index is 0.742. The second-order valence-electron chi connectivity index (χ2n) is 2.14. The van der Waals surface area contributed by atoms with Gasteiger partial charge in [0.15, 0.2) is 5.82 Å². The lowest BCUT2D eigenvalue weighted by Gasteiger charge is -2.01. The largest absolute Gasteiger partial charge is 0.246 e. The molecule has 1 aromatic rings. The molecule has 0 saturated heterocycles. The molecule has 0 atom stereocenters. The number of halogens is 1. The van der Waals surface area contributed by atoms with Crippen LogP contribution in [0.3, 0.4) is 0 Å². The predicted molar refractivity (Wildman–Crippen MR) is 48.5 cm³/mol. The summed E-state index contributed by atoms with van der Waals surface area (Å²) in [7, 11) is 0. The molecule has 11 heavy (non-hydrogen) atoms. The molecule has 0 N–H and O–H groups in total. The summed E-state index contributed by atoms with van der Waals surface area (Å²) in [6.07, 6.45) is 1.55. The van der Waals surface area contributed by atoms with E-state index in [2.05, 4.69) is 32.6 Å². The van der Waals surface area contributed by atoms with Crippen LogP contribution in [-0.4, -0.2) is 20.1 Å². The monoisotopic (exact) mass is 215 g/mol. The van der Waals surface area contributed by atoms with Crippen LogP contribution in [-0.2, 0) is 6.54 Å². The van der Waals surface area contributed by atoms with E-state index in [-0.39, 0.29) is 0 Å². The molecular formula is C7H10BrN3. The molecule has 0 amide bonds. The maximum atomic E-state index is 4.08. The molecule has 1 aromatic heterocycles. The number of aromatic nitrogens is 3. The Morgan fingerprint density at radius 2 is 2.55 bits per heavy atom. The van der Waals surface area contributed by atoms with Crippen LogP contribution < -0.4 is 0 Å². The summed E-state index contributed by atoms with van der Waals surface area (Å²) in [6, 6.07) is 0. The average Bonchev–Trinajstić information content (AvgIpc) is 2.50. The quantitative estimate of drug-likeness (QED) is 0.720. The van der Waals surface area contributed by atoms with Crippen LogP contribution in [0.4, 0.5) is 0 Å². The Morgan fingerprint density at radius 3 is 3.09 bits per heavy atom. The Bertz CT molecular complexity index is 254. The molecule has 0 aliphatic rings. The summed E-state index contributed by atoms with van der Waals surface area (Å²) in [5.74, 6) is 0.865. The van der Waals surface area contributed by atoms with Crippen molar-refractivity contribution in [2.75, 3.05) is 5.33 Å². The number of nitrogens with zero attached hydrogens (tertiary/aromatic N) is 3. The van der Waals surface area contributed by atoms with Crippen molar-refractivity contribution in [3.63, 3.8) is 0 Å². The Balaban J connectivity index is 2.92. The summed E-state index contributed by atoms with van der Waals surface area (Å²) in [5.41, 5.74) is 0.962. The molecule has 4 heteroatoms. The first-order valence-corrected chi connectivity index (χ1v) is 4.53. The first kappa shape index (κ1) is 8.46. The highest BCUT2D eigenvalue weighted by molar-refractivity contribution is 9.09. The predicted octanol–water partition coefficient (Wildman–Crippen LogP) is 1.71. The van der Waals surface area contributed by atoms with Gasteiger partial charge in [-0.25, -0.2) is 9.67 Å². The number of allylic oxidation sites excluding steroid dienone is 1. The van der Waals surface area contributed by atoms with Gasteiger partial charge in [0.2, 0.25) is 0 Å². The van der Waals surface area contributed by atoms with Crippen LogP contribution in [0.15, 0.2) is 12.9 Å². The van der Waals surface area contributed by atoms with Gasteiger partial charge in [-0.3, -0.25) is 0 Å². The molecule has 0 fully saturated rings. The van der Waals surface area contributed by atoms with Crippen LogP contribution >= 0.6 is 15.9 Å². The van der Waals surface area contributed by atoms with E-state index in [1.807, 2.05) is 11.6 Å². The minimum atomic E-state index is 0.742. The fourth-order valence-corrected chi connectivity index (χ4v) is 1.08. The molecule has 0 aliphatic carbocycles. The summed E-state index contributed by atoms with van der Waals surface area (Å²) < 4.78 is 1.82. The fraction of sp³-hybridized carbons (Fsp3) is 0.429. The molecule has 1 heterocycles. The van der Waals surface area contributed by atoms with Gasteiger partial charge in [0.1, 0.15) is 6.33 Å². The molecule has 60 valence electrons. The van der Waals surface area contributed by atoms with Crippen molar-refractivity contribution in [2.24, 2.45) is 0 Å². The molecule has 0 bridgehead atoms. The van der Waals surface area contributed by atoms with E-state index in [4.69, 9.17) is 0 Å². The van der Waals surface area contributed by atoms with E-state index in [1.165, 1.54) is 0 Å². The van der Waals surface area contributed by atoms with Gasteiger partial charge in [-0.05, 0) is 12.5 Å². The molecule has 1 rings (SSSR count). The van der Waals surface area contributed by atoms with Crippen LogP contribution in [0.1, 0.15) is 12.7 Å². The van der Waals surface area contributed by atoms with Gasteiger partial charge >= 0.3 is 0 Å². The summed E-state index contributed by atoms with van der Waals surface area (Å²) >= 11 is 3.32.